The topological polar surface area (TPSA) is 31.6 Å². The molecule has 0 saturated carbocycles. The van der Waals surface area contributed by atoms with Crippen molar-refractivity contribution in [3.8, 4) is 28.6 Å². The van der Waals surface area contributed by atoms with Gasteiger partial charge in [-0.05, 0) is 54.6 Å². The monoisotopic (exact) mass is 300 g/mol. The van der Waals surface area contributed by atoms with Crippen LogP contribution in [-0.4, -0.2) is 7.11 Å². The van der Waals surface area contributed by atoms with Crippen molar-refractivity contribution in [2.75, 3.05) is 7.11 Å². The summed E-state index contributed by atoms with van der Waals surface area (Å²) < 4.78 is 16.2. The van der Waals surface area contributed by atoms with Crippen LogP contribution in [0.25, 0.3) is 11.3 Å². The Bertz CT molecular complexity index is 718. The molecule has 0 fully saturated rings. The molecule has 1 heterocycles. The Hall–Kier alpha value is -2.39. The fourth-order valence-electron chi connectivity index (χ4n) is 1.95. The summed E-state index contributed by atoms with van der Waals surface area (Å²) in [4.78, 5) is 0. The average Bonchev–Trinajstić information content (AvgIpc) is 3.04. The van der Waals surface area contributed by atoms with Gasteiger partial charge in [-0.25, -0.2) is 0 Å². The Morgan fingerprint density at radius 2 is 1.71 bits per heavy atom. The van der Waals surface area contributed by atoms with Gasteiger partial charge in [0, 0.05) is 5.56 Å². The van der Waals surface area contributed by atoms with Gasteiger partial charge in [-0.2, -0.15) is 0 Å². The number of hydrogen-bond donors (Lipinski definition) is 0. The van der Waals surface area contributed by atoms with Crippen molar-refractivity contribution >= 4 is 11.6 Å². The molecule has 0 atom stereocenters. The second-order valence-corrected chi connectivity index (χ2v) is 4.81. The van der Waals surface area contributed by atoms with Crippen molar-refractivity contribution in [3.05, 3.63) is 65.9 Å². The summed E-state index contributed by atoms with van der Waals surface area (Å²) in [5.41, 5.74) is 0.909. The zero-order chi connectivity index (χ0) is 14.7. The van der Waals surface area contributed by atoms with E-state index in [4.69, 9.17) is 25.5 Å². The molecule has 4 heteroatoms. The molecule has 2 aromatic carbocycles. The van der Waals surface area contributed by atoms with Crippen LogP contribution in [0.1, 0.15) is 0 Å². The van der Waals surface area contributed by atoms with E-state index in [1.54, 1.807) is 13.4 Å². The second kappa shape index (κ2) is 5.94. The zero-order valence-electron chi connectivity index (χ0n) is 11.4. The summed E-state index contributed by atoms with van der Waals surface area (Å²) in [6, 6.07) is 16.6. The largest absolute Gasteiger partial charge is 0.497 e. The van der Waals surface area contributed by atoms with Crippen molar-refractivity contribution in [2.45, 2.75) is 0 Å². The van der Waals surface area contributed by atoms with E-state index in [0.717, 1.165) is 17.1 Å². The highest BCUT2D eigenvalue weighted by molar-refractivity contribution is 6.32. The van der Waals surface area contributed by atoms with E-state index in [9.17, 15) is 0 Å². The van der Waals surface area contributed by atoms with E-state index >= 15 is 0 Å². The molecule has 0 unspecified atom stereocenters. The molecular formula is C17H13ClO3. The minimum absolute atomic E-state index is 0.528. The number of hydrogen-bond acceptors (Lipinski definition) is 3. The van der Waals surface area contributed by atoms with E-state index in [1.807, 2.05) is 54.6 Å². The number of furan rings is 1. The van der Waals surface area contributed by atoms with Gasteiger partial charge >= 0.3 is 0 Å². The molecule has 0 aliphatic carbocycles. The summed E-state index contributed by atoms with van der Waals surface area (Å²) in [5.74, 6) is 2.84. The Morgan fingerprint density at radius 3 is 2.33 bits per heavy atom. The molecule has 1 aromatic heterocycles. The molecule has 0 spiro atoms. The minimum atomic E-state index is 0.528. The van der Waals surface area contributed by atoms with Crippen LogP contribution >= 0.6 is 11.6 Å². The van der Waals surface area contributed by atoms with Crippen molar-refractivity contribution in [1.29, 1.82) is 0 Å². The molecule has 0 aliphatic rings. The third-order valence-electron chi connectivity index (χ3n) is 3.02. The normalized spacial score (nSPS) is 10.4. The fraction of sp³-hybridized carbons (Fsp3) is 0.0588. The summed E-state index contributed by atoms with van der Waals surface area (Å²) in [6.45, 7) is 0. The van der Waals surface area contributed by atoms with Crippen LogP contribution < -0.4 is 9.47 Å². The van der Waals surface area contributed by atoms with Crippen molar-refractivity contribution in [1.82, 2.24) is 0 Å². The number of benzene rings is 2. The summed E-state index contributed by atoms with van der Waals surface area (Å²) in [5, 5.41) is 0.528. The summed E-state index contributed by atoms with van der Waals surface area (Å²) in [6.07, 6.45) is 1.63. The third kappa shape index (κ3) is 3.03. The van der Waals surface area contributed by atoms with Gasteiger partial charge < -0.3 is 13.9 Å². The van der Waals surface area contributed by atoms with Gasteiger partial charge in [0.25, 0.3) is 0 Å². The van der Waals surface area contributed by atoms with Gasteiger partial charge in [0.05, 0.1) is 18.4 Å². The van der Waals surface area contributed by atoms with Crippen LogP contribution in [0.15, 0.2) is 65.3 Å². The predicted octanol–water partition coefficient (Wildman–Crippen LogP) is 5.40. The predicted molar refractivity (Wildman–Crippen MR) is 82.2 cm³/mol. The summed E-state index contributed by atoms with van der Waals surface area (Å²) in [7, 11) is 1.63. The van der Waals surface area contributed by atoms with Crippen molar-refractivity contribution in [3.63, 3.8) is 0 Å². The highest BCUT2D eigenvalue weighted by Gasteiger charge is 2.07. The van der Waals surface area contributed by atoms with E-state index in [2.05, 4.69) is 0 Å². The van der Waals surface area contributed by atoms with Crippen molar-refractivity contribution < 1.29 is 13.9 Å². The maximum absolute atomic E-state index is 6.26. The number of ether oxygens (including phenoxy) is 2. The van der Waals surface area contributed by atoms with Crippen LogP contribution in [0.5, 0.6) is 17.2 Å². The molecule has 0 N–H and O–H groups in total. The molecule has 3 aromatic rings. The lowest BCUT2D eigenvalue weighted by molar-refractivity contribution is 0.413. The number of methoxy groups -OCH3 is 1. The molecular weight excluding hydrogens is 288 g/mol. The molecule has 0 bridgehead atoms. The first kappa shape index (κ1) is 13.6. The van der Waals surface area contributed by atoms with Crippen LogP contribution in [-0.2, 0) is 0 Å². The molecule has 21 heavy (non-hydrogen) atoms. The second-order valence-electron chi connectivity index (χ2n) is 4.40. The first-order valence-corrected chi connectivity index (χ1v) is 6.79. The van der Waals surface area contributed by atoms with Gasteiger partial charge in [0.2, 0.25) is 0 Å². The molecule has 0 amide bonds. The maximum Gasteiger partial charge on any atom is 0.146 e. The Kier molecular flexibility index (Phi) is 3.84. The average molecular weight is 301 g/mol. The lowest BCUT2D eigenvalue weighted by Gasteiger charge is -2.09. The van der Waals surface area contributed by atoms with Gasteiger partial charge in [0.15, 0.2) is 0 Å². The molecule has 0 aliphatic heterocycles. The first-order chi connectivity index (χ1) is 10.3. The molecule has 0 saturated heterocycles. The van der Waals surface area contributed by atoms with E-state index in [0.29, 0.717) is 16.5 Å². The van der Waals surface area contributed by atoms with Gasteiger partial charge in [-0.15, -0.1) is 0 Å². The van der Waals surface area contributed by atoms with Crippen LogP contribution in [0.2, 0.25) is 5.02 Å². The number of rotatable bonds is 4. The quantitative estimate of drug-likeness (QED) is 0.646. The Morgan fingerprint density at radius 1 is 0.952 bits per heavy atom. The maximum atomic E-state index is 6.26. The van der Waals surface area contributed by atoms with E-state index < -0.39 is 0 Å². The Balaban J connectivity index is 1.82. The van der Waals surface area contributed by atoms with Crippen LogP contribution in [0.4, 0.5) is 0 Å². The third-order valence-corrected chi connectivity index (χ3v) is 3.32. The fourth-order valence-corrected chi connectivity index (χ4v) is 2.17. The number of halogens is 1. The molecule has 0 radical (unpaired) electrons. The molecule has 3 rings (SSSR count). The molecule has 106 valence electrons. The highest BCUT2D eigenvalue weighted by atomic mass is 35.5. The van der Waals surface area contributed by atoms with Gasteiger partial charge in [-0.1, -0.05) is 11.6 Å². The van der Waals surface area contributed by atoms with Gasteiger partial charge in [0.1, 0.15) is 23.0 Å². The van der Waals surface area contributed by atoms with Crippen molar-refractivity contribution in [2.24, 2.45) is 0 Å². The van der Waals surface area contributed by atoms with E-state index in [-0.39, 0.29) is 0 Å². The lowest BCUT2D eigenvalue weighted by atomic mass is 10.1. The van der Waals surface area contributed by atoms with Crippen LogP contribution in [0, 0.1) is 0 Å². The first-order valence-electron chi connectivity index (χ1n) is 6.41. The van der Waals surface area contributed by atoms with Gasteiger partial charge in [-0.3, -0.25) is 0 Å². The van der Waals surface area contributed by atoms with Crippen LogP contribution in [0.3, 0.4) is 0 Å². The standard InChI is InChI=1S/C17H13ClO3/c1-19-13-5-7-14(8-6-13)21-17-9-4-12(11-15(17)18)16-3-2-10-20-16/h2-11H,1H3. The molecule has 3 nitrogen and oxygen atoms in total. The zero-order valence-corrected chi connectivity index (χ0v) is 12.1. The highest BCUT2D eigenvalue weighted by Crippen LogP contribution is 2.33. The lowest BCUT2D eigenvalue weighted by Crippen LogP contribution is -1.87. The SMILES string of the molecule is COc1ccc(Oc2ccc(-c3ccco3)cc2Cl)cc1. The van der Waals surface area contributed by atoms with E-state index in [1.165, 1.54) is 0 Å². The minimum Gasteiger partial charge on any atom is -0.497 e. The Labute approximate surface area is 127 Å². The summed E-state index contributed by atoms with van der Waals surface area (Å²) >= 11 is 6.26. The smallest absolute Gasteiger partial charge is 0.146 e.